The minimum Gasteiger partial charge on any atom is -0.378 e. The smallest absolute Gasteiger partial charge is 0.254 e. The van der Waals surface area contributed by atoms with Crippen LogP contribution < -0.4 is 0 Å². The first-order chi connectivity index (χ1) is 8.27. The number of carbonyl (C=O) groups excluding carboxylic acids is 1. The number of rotatable bonds is 1. The summed E-state index contributed by atoms with van der Waals surface area (Å²) in [4.78, 5) is 13.8. The molecule has 0 saturated carbocycles. The van der Waals surface area contributed by atoms with E-state index in [9.17, 15) is 4.79 Å². The summed E-state index contributed by atoms with van der Waals surface area (Å²) in [6.45, 7) is 8.72. The van der Waals surface area contributed by atoms with E-state index in [1.807, 2.05) is 49.9 Å². The third-order valence-electron chi connectivity index (χ3n) is 2.60. The number of hydrogen-bond donors (Lipinski definition) is 0. The Morgan fingerprint density at radius 3 is 2.18 bits per heavy atom. The highest BCUT2D eigenvalue weighted by atomic mass is 16.5. The lowest BCUT2D eigenvalue weighted by atomic mass is 10.1. The molecule has 1 amide bonds. The average molecular weight is 235 g/mol. The van der Waals surface area contributed by atoms with Gasteiger partial charge in [-0.15, -0.1) is 0 Å². The molecule has 0 radical (unpaired) electrons. The van der Waals surface area contributed by atoms with Crippen molar-refractivity contribution in [2.24, 2.45) is 0 Å². The first kappa shape index (κ1) is 13.7. The van der Waals surface area contributed by atoms with Gasteiger partial charge in [0.1, 0.15) is 0 Å². The Morgan fingerprint density at radius 2 is 1.65 bits per heavy atom. The summed E-state index contributed by atoms with van der Waals surface area (Å²) in [5, 5.41) is 0. The van der Waals surface area contributed by atoms with Gasteiger partial charge >= 0.3 is 0 Å². The molecule has 17 heavy (non-hydrogen) atoms. The van der Waals surface area contributed by atoms with Gasteiger partial charge in [-0.1, -0.05) is 31.5 Å². The fourth-order valence-electron chi connectivity index (χ4n) is 1.65. The monoisotopic (exact) mass is 235 g/mol. The van der Waals surface area contributed by atoms with Crippen molar-refractivity contribution in [3.63, 3.8) is 0 Å². The van der Waals surface area contributed by atoms with E-state index < -0.39 is 0 Å². The normalized spacial score (nSPS) is 14.9. The van der Waals surface area contributed by atoms with Crippen molar-refractivity contribution in [1.82, 2.24) is 4.90 Å². The van der Waals surface area contributed by atoms with E-state index in [1.165, 1.54) is 5.56 Å². The summed E-state index contributed by atoms with van der Waals surface area (Å²) in [7, 11) is 0. The maximum atomic E-state index is 12.0. The third kappa shape index (κ3) is 3.86. The Kier molecular flexibility index (Phi) is 5.70. The zero-order valence-corrected chi connectivity index (χ0v) is 10.9. The molecule has 0 N–H and O–H groups in total. The highest BCUT2D eigenvalue weighted by Gasteiger charge is 2.17. The van der Waals surface area contributed by atoms with Crippen molar-refractivity contribution in [2.45, 2.75) is 20.8 Å². The summed E-state index contributed by atoms with van der Waals surface area (Å²) in [6.07, 6.45) is 0. The molecule has 1 saturated heterocycles. The second kappa shape index (κ2) is 7.07. The average Bonchev–Trinajstić information content (AvgIpc) is 2.42. The summed E-state index contributed by atoms with van der Waals surface area (Å²) < 4.78 is 5.21. The molecular weight excluding hydrogens is 214 g/mol. The van der Waals surface area contributed by atoms with Crippen LogP contribution in [-0.4, -0.2) is 37.1 Å². The molecule has 1 heterocycles. The van der Waals surface area contributed by atoms with E-state index in [4.69, 9.17) is 4.74 Å². The molecule has 0 spiro atoms. The van der Waals surface area contributed by atoms with Gasteiger partial charge in [-0.05, 0) is 19.1 Å². The Hall–Kier alpha value is -1.35. The van der Waals surface area contributed by atoms with Crippen molar-refractivity contribution >= 4 is 5.91 Å². The maximum Gasteiger partial charge on any atom is 0.254 e. The molecule has 94 valence electrons. The SMILES string of the molecule is CC.Cc1ccc(C(=O)N2CCOCC2)cc1. The van der Waals surface area contributed by atoms with Crippen LogP contribution >= 0.6 is 0 Å². The van der Waals surface area contributed by atoms with Crippen LogP contribution in [0.3, 0.4) is 0 Å². The number of ether oxygens (including phenoxy) is 1. The number of morpholine rings is 1. The molecular formula is C14H21NO2. The lowest BCUT2D eigenvalue weighted by molar-refractivity contribution is 0.0303. The summed E-state index contributed by atoms with van der Waals surface area (Å²) in [6, 6.07) is 7.70. The van der Waals surface area contributed by atoms with Crippen LogP contribution in [0.4, 0.5) is 0 Å². The quantitative estimate of drug-likeness (QED) is 0.748. The fraction of sp³-hybridized carbons (Fsp3) is 0.500. The van der Waals surface area contributed by atoms with Gasteiger partial charge in [0, 0.05) is 18.7 Å². The molecule has 3 nitrogen and oxygen atoms in total. The van der Waals surface area contributed by atoms with Crippen LogP contribution in [0.25, 0.3) is 0 Å². The molecule has 0 bridgehead atoms. The molecule has 0 atom stereocenters. The van der Waals surface area contributed by atoms with E-state index in [1.54, 1.807) is 0 Å². The fourth-order valence-corrected chi connectivity index (χ4v) is 1.65. The number of aryl methyl sites for hydroxylation is 1. The predicted molar refractivity (Wildman–Crippen MR) is 69.2 cm³/mol. The highest BCUT2D eigenvalue weighted by molar-refractivity contribution is 5.94. The van der Waals surface area contributed by atoms with Gasteiger partial charge < -0.3 is 9.64 Å². The van der Waals surface area contributed by atoms with Crippen molar-refractivity contribution in [2.75, 3.05) is 26.3 Å². The number of nitrogens with zero attached hydrogens (tertiary/aromatic N) is 1. The Balaban J connectivity index is 0.000000686. The minimum atomic E-state index is 0.110. The summed E-state index contributed by atoms with van der Waals surface area (Å²) >= 11 is 0. The number of hydrogen-bond acceptors (Lipinski definition) is 2. The van der Waals surface area contributed by atoms with Gasteiger partial charge in [0.15, 0.2) is 0 Å². The van der Waals surface area contributed by atoms with Crippen LogP contribution in [0, 0.1) is 6.92 Å². The lowest BCUT2D eigenvalue weighted by Gasteiger charge is -2.26. The second-order valence-corrected chi connectivity index (χ2v) is 3.77. The van der Waals surface area contributed by atoms with Gasteiger partial charge in [-0.3, -0.25) is 4.79 Å². The maximum absolute atomic E-state index is 12.0. The zero-order valence-electron chi connectivity index (χ0n) is 10.9. The van der Waals surface area contributed by atoms with Crippen LogP contribution in [0.15, 0.2) is 24.3 Å². The molecule has 1 aliphatic heterocycles. The van der Waals surface area contributed by atoms with E-state index >= 15 is 0 Å². The van der Waals surface area contributed by atoms with E-state index in [0.29, 0.717) is 26.3 Å². The zero-order chi connectivity index (χ0) is 12.7. The largest absolute Gasteiger partial charge is 0.378 e. The summed E-state index contributed by atoms with van der Waals surface area (Å²) in [5.41, 5.74) is 1.94. The standard InChI is InChI=1S/C12H15NO2.C2H6/c1-10-2-4-11(5-3-10)12(14)13-6-8-15-9-7-13;1-2/h2-5H,6-9H2,1H3;1-2H3. The molecule has 0 unspecified atom stereocenters. The first-order valence-electron chi connectivity index (χ1n) is 6.21. The molecule has 1 fully saturated rings. The van der Waals surface area contributed by atoms with Gasteiger partial charge in [0.25, 0.3) is 5.91 Å². The molecule has 3 heteroatoms. The third-order valence-corrected chi connectivity index (χ3v) is 2.60. The molecule has 1 aliphatic rings. The van der Waals surface area contributed by atoms with Crippen molar-refractivity contribution in [3.8, 4) is 0 Å². The molecule has 2 rings (SSSR count). The van der Waals surface area contributed by atoms with Crippen molar-refractivity contribution in [1.29, 1.82) is 0 Å². The Morgan fingerprint density at radius 1 is 1.12 bits per heavy atom. The molecule has 1 aromatic rings. The van der Waals surface area contributed by atoms with E-state index in [2.05, 4.69) is 0 Å². The predicted octanol–water partition coefficient (Wildman–Crippen LogP) is 2.49. The van der Waals surface area contributed by atoms with Gasteiger partial charge in [-0.25, -0.2) is 0 Å². The van der Waals surface area contributed by atoms with Crippen LogP contribution in [0.1, 0.15) is 29.8 Å². The van der Waals surface area contributed by atoms with Crippen molar-refractivity contribution in [3.05, 3.63) is 35.4 Å². The van der Waals surface area contributed by atoms with Crippen LogP contribution in [-0.2, 0) is 4.74 Å². The minimum absolute atomic E-state index is 0.110. The second-order valence-electron chi connectivity index (χ2n) is 3.77. The summed E-state index contributed by atoms with van der Waals surface area (Å²) in [5.74, 6) is 0.110. The van der Waals surface area contributed by atoms with Gasteiger partial charge in [-0.2, -0.15) is 0 Å². The Labute approximate surface area is 103 Å². The lowest BCUT2D eigenvalue weighted by Crippen LogP contribution is -2.40. The van der Waals surface area contributed by atoms with Gasteiger partial charge in [0.2, 0.25) is 0 Å². The topological polar surface area (TPSA) is 29.5 Å². The first-order valence-corrected chi connectivity index (χ1v) is 6.21. The molecule has 1 aromatic carbocycles. The van der Waals surface area contributed by atoms with Crippen LogP contribution in [0.2, 0.25) is 0 Å². The molecule has 0 aliphatic carbocycles. The van der Waals surface area contributed by atoms with E-state index in [0.717, 1.165) is 5.56 Å². The van der Waals surface area contributed by atoms with E-state index in [-0.39, 0.29) is 5.91 Å². The molecule has 0 aromatic heterocycles. The number of benzene rings is 1. The highest BCUT2D eigenvalue weighted by Crippen LogP contribution is 2.08. The van der Waals surface area contributed by atoms with Crippen LogP contribution in [0.5, 0.6) is 0 Å². The van der Waals surface area contributed by atoms with Gasteiger partial charge in [0.05, 0.1) is 13.2 Å². The van der Waals surface area contributed by atoms with Crippen molar-refractivity contribution < 1.29 is 9.53 Å². The number of amides is 1. The number of carbonyl (C=O) groups is 1. The Bertz CT molecular complexity index is 340.